The number of hydrogen-bond donors (Lipinski definition) is 0. The van der Waals surface area contributed by atoms with Gasteiger partial charge in [-0.1, -0.05) is 44.2 Å². The van der Waals surface area contributed by atoms with E-state index in [1.54, 1.807) is 44.2 Å². The van der Waals surface area contributed by atoms with E-state index in [1.807, 2.05) is 0 Å². The average Bonchev–Trinajstić information content (AvgIpc) is 2.98. The first-order valence-electron chi connectivity index (χ1n) is 12.3. The first kappa shape index (κ1) is 30.0. The molecule has 1 aromatic heterocycles. The summed E-state index contributed by atoms with van der Waals surface area (Å²) in [5, 5.41) is 0. The number of amides is 1. The molecule has 1 amide bonds. The van der Waals surface area contributed by atoms with E-state index in [1.165, 1.54) is 39.5 Å². The van der Waals surface area contributed by atoms with Crippen LogP contribution in [0.4, 0.5) is 0 Å². The third-order valence-corrected chi connectivity index (χ3v) is 5.52. The van der Waals surface area contributed by atoms with Crippen molar-refractivity contribution < 1.29 is 47.6 Å². The summed E-state index contributed by atoms with van der Waals surface area (Å²) in [5.74, 6) is -3.95. The molecule has 0 bridgehead atoms. The van der Waals surface area contributed by atoms with Gasteiger partial charge in [0.05, 0.1) is 18.6 Å². The molecular formula is C28H30N2O10. The predicted molar refractivity (Wildman–Crippen MR) is 141 cm³/mol. The number of nitrogens with zero attached hydrogens (tertiary/aromatic N) is 2. The molecule has 1 aliphatic rings. The molecule has 1 aromatic carbocycles. The van der Waals surface area contributed by atoms with E-state index in [-0.39, 0.29) is 29.6 Å². The van der Waals surface area contributed by atoms with Gasteiger partial charge in [0, 0.05) is 19.4 Å². The quantitative estimate of drug-likeness (QED) is 0.205. The number of carbonyl (C=O) groups excluding carboxylic acids is 4. The van der Waals surface area contributed by atoms with Gasteiger partial charge in [-0.05, 0) is 18.6 Å². The van der Waals surface area contributed by atoms with Crippen LogP contribution in [0.1, 0.15) is 36.8 Å². The van der Waals surface area contributed by atoms with E-state index in [9.17, 15) is 19.2 Å². The summed E-state index contributed by atoms with van der Waals surface area (Å²) in [5.41, 5.74) is -0.223. The second-order valence-electron chi connectivity index (χ2n) is 8.81. The van der Waals surface area contributed by atoms with Crippen molar-refractivity contribution in [3.63, 3.8) is 0 Å². The third-order valence-electron chi connectivity index (χ3n) is 5.52. The fraction of sp³-hybridized carbons (Fsp3) is 0.357. The Kier molecular flexibility index (Phi) is 10.5. The maximum Gasteiger partial charge on any atom is 0.356 e. The molecule has 1 fully saturated rings. The van der Waals surface area contributed by atoms with Gasteiger partial charge in [0.25, 0.3) is 5.91 Å². The Morgan fingerprint density at radius 1 is 1.12 bits per heavy atom. The zero-order valence-corrected chi connectivity index (χ0v) is 22.7. The molecule has 0 saturated carbocycles. The average molecular weight is 555 g/mol. The van der Waals surface area contributed by atoms with Gasteiger partial charge >= 0.3 is 17.9 Å². The second-order valence-corrected chi connectivity index (χ2v) is 8.81. The van der Waals surface area contributed by atoms with Crippen molar-refractivity contribution in [1.29, 1.82) is 0 Å². The largest absolute Gasteiger partial charge is 0.493 e. The summed E-state index contributed by atoms with van der Waals surface area (Å²) in [6.45, 7) is 3.78. The summed E-state index contributed by atoms with van der Waals surface area (Å²) in [6.07, 6.45) is 0.337. The monoisotopic (exact) mass is 554 g/mol. The molecule has 3 rings (SSSR count). The highest BCUT2D eigenvalue weighted by atomic mass is 16.7. The van der Waals surface area contributed by atoms with Gasteiger partial charge in [-0.25, -0.2) is 19.6 Å². The third kappa shape index (κ3) is 7.50. The van der Waals surface area contributed by atoms with Gasteiger partial charge < -0.3 is 28.4 Å². The number of rotatable bonds is 8. The Bertz CT molecular complexity index is 1300. The Morgan fingerprint density at radius 2 is 1.85 bits per heavy atom. The lowest BCUT2D eigenvalue weighted by atomic mass is 10.0. The molecule has 40 heavy (non-hydrogen) atoms. The van der Waals surface area contributed by atoms with Crippen LogP contribution in [0.25, 0.3) is 6.08 Å². The fourth-order valence-electron chi connectivity index (χ4n) is 3.49. The molecule has 0 N–H and O–H groups in total. The number of pyridine rings is 1. The van der Waals surface area contributed by atoms with Crippen LogP contribution in [0.2, 0.25) is 0 Å². The van der Waals surface area contributed by atoms with Gasteiger partial charge in [0.2, 0.25) is 0 Å². The zero-order chi connectivity index (χ0) is 29.2. The number of aromatic nitrogens is 1. The van der Waals surface area contributed by atoms with E-state index >= 15 is 0 Å². The topological polar surface area (TPSA) is 149 Å². The first-order valence-corrected chi connectivity index (χ1v) is 12.3. The zero-order valence-electron chi connectivity index (χ0n) is 22.7. The van der Waals surface area contributed by atoms with Crippen molar-refractivity contribution in [2.24, 2.45) is 10.9 Å². The van der Waals surface area contributed by atoms with Crippen molar-refractivity contribution in [3.8, 4) is 11.5 Å². The van der Waals surface area contributed by atoms with Gasteiger partial charge in [-0.15, -0.1) is 0 Å². The fourth-order valence-corrected chi connectivity index (χ4v) is 3.49. The minimum absolute atomic E-state index is 0.0576. The van der Waals surface area contributed by atoms with Gasteiger partial charge in [0.15, 0.2) is 35.8 Å². The molecule has 1 aliphatic heterocycles. The lowest BCUT2D eigenvalue weighted by Crippen LogP contribution is -2.38. The predicted octanol–water partition coefficient (Wildman–Crippen LogP) is 2.79. The lowest BCUT2D eigenvalue weighted by Gasteiger charge is -2.25. The van der Waals surface area contributed by atoms with Crippen LogP contribution in [-0.4, -0.2) is 74.3 Å². The number of aliphatic imine (C=N–C) groups is 1. The Morgan fingerprint density at radius 3 is 2.50 bits per heavy atom. The Hall–Kier alpha value is -4.58. The van der Waals surface area contributed by atoms with Crippen molar-refractivity contribution in [3.05, 3.63) is 59.4 Å². The lowest BCUT2D eigenvalue weighted by molar-refractivity contribution is -0.163. The van der Waals surface area contributed by atoms with E-state index in [0.717, 1.165) is 0 Å². The van der Waals surface area contributed by atoms with E-state index in [4.69, 9.17) is 28.4 Å². The van der Waals surface area contributed by atoms with Crippen LogP contribution in [0.5, 0.6) is 11.5 Å². The van der Waals surface area contributed by atoms with Crippen LogP contribution in [-0.2, 0) is 33.3 Å². The SMILES string of the molecule is COCOc1c(OC)ccnc1C(=O)/N=C1/COC(=O)/C(=C/c2ccccc2)[C@@H](OC(=O)C(C)C)[C@H](C)OC1=O. The summed E-state index contributed by atoms with van der Waals surface area (Å²) >= 11 is 0. The molecule has 212 valence electrons. The standard InChI is InChI=1S/C28H30N2O10/c1-16(2)26(32)40-23-17(3)39-28(34)20(14-37-27(33)19(23)13-18-9-7-6-8-10-18)30-25(31)22-24(38-15-35-4)21(36-5)11-12-29-22/h6-13,16-17,23H,14-15H2,1-5H3/b19-13+,30-20-/t17-,23-/m0/s1. The maximum atomic E-state index is 13.2. The van der Waals surface area contributed by atoms with E-state index < -0.39 is 54.3 Å². The Balaban J connectivity index is 2.01. The number of ether oxygens (including phenoxy) is 6. The van der Waals surface area contributed by atoms with Gasteiger partial charge in [0.1, 0.15) is 12.7 Å². The highest BCUT2D eigenvalue weighted by Crippen LogP contribution is 2.30. The number of hydrogen-bond acceptors (Lipinski definition) is 11. The van der Waals surface area contributed by atoms with Crippen LogP contribution in [0.15, 0.2) is 53.2 Å². The molecule has 0 unspecified atom stereocenters. The van der Waals surface area contributed by atoms with Crippen LogP contribution < -0.4 is 9.47 Å². The first-order chi connectivity index (χ1) is 19.2. The summed E-state index contributed by atoms with van der Waals surface area (Å²) in [6, 6.07) is 10.3. The van der Waals surface area contributed by atoms with E-state index in [2.05, 4.69) is 9.98 Å². The minimum Gasteiger partial charge on any atom is -0.493 e. The molecule has 2 atom stereocenters. The van der Waals surface area contributed by atoms with Crippen molar-refractivity contribution in [2.45, 2.75) is 33.0 Å². The molecule has 2 aromatic rings. The molecule has 12 nitrogen and oxygen atoms in total. The van der Waals surface area contributed by atoms with E-state index in [0.29, 0.717) is 5.56 Å². The highest BCUT2D eigenvalue weighted by molar-refractivity contribution is 6.39. The minimum atomic E-state index is -1.30. The number of benzene rings is 1. The van der Waals surface area contributed by atoms with Crippen molar-refractivity contribution in [1.82, 2.24) is 4.98 Å². The molecule has 1 saturated heterocycles. The molecule has 0 spiro atoms. The highest BCUT2D eigenvalue weighted by Gasteiger charge is 2.37. The molecule has 2 heterocycles. The summed E-state index contributed by atoms with van der Waals surface area (Å²) in [4.78, 5) is 59.7. The summed E-state index contributed by atoms with van der Waals surface area (Å²) < 4.78 is 32.0. The molecule has 0 aliphatic carbocycles. The van der Waals surface area contributed by atoms with Crippen molar-refractivity contribution >= 4 is 35.6 Å². The van der Waals surface area contributed by atoms with Gasteiger partial charge in [-0.3, -0.25) is 9.59 Å². The van der Waals surface area contributed by atoms with Crippen LogP contribution in [0.3, 0.4) is 0 Å². The molecular weight excluding hydrogens is 524 g/mol. The Labute approximate surface area is 230 Å². The summed E-state index contributed by atoms with van der Waals surface area (Å²) in [7, 11) is 2.76. The smallest absolute Gasteiger partial charge is 0.356 e. The van der Waals surface area contributed by atoms with Crippen molar-refractivity contribution in [2.75, 3.05) is 27.6 Å². The van der Waals surface area contributed by atoms with Crippen LogP contribution >= 0.6 is 0 Å². The number of carbonyl (C=O) groups is 4. The number of esters is 3. The maximum absolute atomic E-state index is 13.2. The molecule has 0 radical (unpaired) electrons. The number of methoxy groups -OCH3 is 2. The van der Waals surface area contributed by atoms with Gasteiger partial charge in [-0.2, -0.15) is 0 Å². The normalized spacial score (nSPS) is 19.8. The molecule has 12 heteroatoms. The second kappa shape index (κ2) is 14.0. The van der Waals surface area contributed by atoms with Crippen LogP contribution in [0, 0.1) is 5.92 Å². The number of cyclic esters (lactones) is 2.